The van der Waals surface area contributed by atoms with Crippen molar-refractivity contribution in [2.75, 3.05) is 0 Å². The molecule has 1 aliphatic carbocycles. The van der Waals surface area contributed by atoms with E-state index in [1.54, 1.807) is 0 Å². The molecule has 0 aromatic heterocycles. The third kappa shape index (κ3) is 0.653. The van der Waals surface area contributed by atoms with E-state index in [4.69, 9.17) is 11.6 Å². The Kier molecular flexibility index (Phi) is 1.08. The molecule has 0 heterocycles. The van der Waals surface area contributed by atoms with Gasteiger partial charge in [0, 0.05) is 11.3 Å². The van der Waals surface area contributed by atoms with E-state index in [1.165, 1.54) is 0 Å². The Morgan fingerprint density at radius 1 is 1.71 bits per heavy atom. The topological polar surface area (TPSA) is 17.1 Å². The number of alkyl halides is 1. The maximum atomic E-state index is 9.90. The molecule has 0 radical (unpaired) electrons. The van der Waals surface area contributed by atoms with Crippen LogP contribution >= 0.6 is 11.6 Å². The second-order valence-electron chi connectivity index (χ2n) is 2.02. The molecule has 7 heavy (non-hydrogen) atoms. The molecular weight excluding hydrogens is 112 g/mol. The van der Waals surface area contributed by atoms with Gasteiger partial charge in [-0.05, 0) is 5.92 Å². The molecule has 40 valence electrons. The van der Waals surface area contributed by atoms with Gasteiger partial charge < -0.3 is 4.79 Å². The molecule has 1 aliphatic rings. The van der Waals surface area contributed by atoms with Gasteiger partial charge in [0.15, 0.2) is 0 Å². The third-order valence-electron chi connectivity index (χ3n) is 1.49. The highest BCUT2D eigenvalue weighted by Crippen LogP contribution is 2.41. The van der Waals surface area contributed by atoms with Crippen LogP contribution in [0.5, 0.6) is 0 Å². The SMILES string of the molecule is C[C@@H]1[C@H](Cl)[C@@H]1C=O. The Morgan fingerprint density at radius 2 is 2.14 bits per heavy atom. The van der Waals surface area contributed by atoms with Crippen molar-refractivity contribution in [3.63, 3.8) is 0 Å². The van der Waals surface area contributed by atoms with Gasteiger partial charge in [-0.1, -0.05) is 6.92 Å². The van der Waals surface area contributed by atoms with Crippen LogP contribution in [-0.4, -0.2) is 11.7 Å². The Balaban J connectivity index is 2.37. The molecule has 0 amide bonds. The maximum Gasteiger partial charge on any atom is 0.124 e. The largest absolute Gasteiger partial charge is 0.303 e. The summed E-state index contributed by atoms with van der Waals surface area (Å²) in [5.74, 6) is 0.584. The summed E-state index contributed by atoms with van der Waals surface area (Å²) in [5, 5.41) is 0.137. The van der Waals surface area contributed by atoms with Crippen molar-refractivity contribution in [3.8, 4) is 0 Å². The molecule has 0 aliphatic heterocycles. The van der Waals surface area contributed by atoms with Gasteiger partial charge in [0.1, 0.15) is 6.29 Å². The van der Waals surface area contributed by atoms with Crippen molar-refractivity contribution in [1.29, 1.82) is 0 Å². The predicted molar refractivity (Wildman–Crippen MR) is 28.4 cm³/mol. The second kappa shape index (κ2) is 1.48. The molecular formula is C5H7ClO. The Labute approximate surface area is 47.7 Å². The van der Waals surface area contributed by atoms with E-state index in [0.29, 0.717) is 5.92 Å². The highest BCUT2D eigenvalue weighted by atomic mass is 35.5. The average molecular weight is 119 g/mol. The third-order valence-corrected chi connectivity index (χ3v) is 2.18. The number of hydrogen-bond donors (Lipinski definition) is 0. The maximum absolute atomic E-state index is 9.90. The van der Waals surface area contributed by atoms with Gasteiger partial charge in [-0.2, -0.15) is 0 Å². The molecule has 1 fully saturated rings. The lowest BCUT2D eigenvalue weighted by Gasteiger charge is -1.66. The highest BCUT2D eigenvalue weighted by molar-refractivity contribution is 6.24. The number of aldehydes is 1. The number of halogens is 1. The van der Waals surface area contributed by atoms with Crippen LogP contribution in [-0.2, 0) is 4.79 Å². The average Bonchev–Trinajstić information content (AvgIpc) is 2.17. The summed E-state index contributed by atoms with van der Waals surface area (Å²) in [4.78, 5) is 9.90. The van der Waals surface area contributed by atoms with Gasteiger partial charge in [-0.15, -0.1) is 11.6 Å². The first-order valence-electron chi connectivity index (χ1n) is 2.36. The molecule has 0 saturated heterocycles. The second-order valence-corrected chi connectivity index (χ2v) is 2.52. The summed E-state index contributed by atoms with van der Waals surface area (Å²) >= 11 is 5.57. The Morgan fingerprint density at radius 3 is 2.14 bits per heavy atom. The van der Waals surface area contributed by atoms with E-state index >= 15 is 0 Å². The zero-order valence-corrected chi connectivity index (χ0v) is 4.85. The van der Waals surface area contributed by atoms with Gasteiger partial charge >= 0.3 is 0 Å². The molecule has 0 N–H and O–H groups in total. The fraction of sp³-hybridized carbons (Fsp3) is 0.800. The summed E-state index contributed by atoms with van der Waals surface area (Å²) in [5.41, 5.74) is 0. The molecule has 0 spiro atoms. The van der Waals surface area contributed by atoms with Crippen LogP contribution in [0, 0.1) is 11.8 Å². The summed E-state index contributed by atoms with van der Waals surface area (Å²) in [6.07, 6.45) is 0.933. The Hall–Kier alpha value is -0.0400. The first kappa shape index (κ1) is 5.10. The van der Waals surface area contributed by atoms with Crippen LogP contribution in [0.2, 0.25) is 0 Å². The van der Waals surface area contributed by atoms with Gasteiger partial charge in [-0.3, -0.25) is 0 Å². The van der Waals surface area contributed by atoms with E-state index in [0.717, 1.165) is 6.29 Å². The van der Waals surface area contributed by atoms with Crippen molar-refractivity contribution in [2.45, 2.75) is 12.3 Å². The van der Waals surface area contributed by atoms with E-state index in [1.807, 2.05) is 6.92 Å². The first-order valence-corrected chi connectivity index (χ1v) is 2.80. The van der Waals surface area contributed by atoms with Crippen molar-refractivity contribution in [2.24, 2.45) is 11.8 Å². The standard InChI is InChI=1S/C5H7ClO/c1-3-4(2-7)5(3)6/h2-5H,1H3/t3-,4+,5-/m0/s1. The van der Waals surface area contributed by atoms with E-state index in [-0.39, 0.29) is 11.3 Å². The molecule has 3 atom stereocenters. The number of hydrogen-bond acceptors (Lipinski definition) is 1. The zero-order chi connectivity index (χ0) is 5.44. The van der Waals surface area contributed by atoms with Crippen molar-refractivity contribution < 1.29 is 4.79 Å². The van der Waals surface area contributed by atoms with Crippen molar-refractivity contribution in [1.82, 2.24) is 0 Å². The summed E-state index contributed by atoms with van der Waals surface area (Å²) < 4.78 is 0. The first-order chi connectivity index (χ1) is 3.27. The smallest absolute Gasteiger partial charge is 0.124 e. The Bertz CT molecular complexity index is 84.1. The van der Waals surface area contributed by atoms with Gasteiger partial charge in [-0.25, -0.2) is 0 Å². The normalized spacial score (nSPS) is 48.6. The van der Waals surface area contributed by atoms with Crippen LogP contribution in [0.4, 0.5) is 0 Å². The van der Waals surface area contributed by atoms with Crippen LogP contribution < -0.4 is 0 Å². The molecule has 0 unspecified atom stereocenters. The van der Waals surface area contributed by atoms with Crippen LogP contribution in [0.15, 0.2) is 0 Å². The van der Waals surface area contributed by atoms with E-state index in [2.05, 4.69) is 0 Å². The minimum absolute atomic E-state index is 0.137. The molecule has 1 saturated carbocycles. The lowest BCUT2D eigenvalue weighted by Crippen LogP contribution is -1.76. The number of rotatable bonds is 1. The van der Waals surface area contributed by atoms with Crippen molar-refractivity contribution in [3.05, 3.63) is 0 Å². The quantitative estimate of drug-likeness (QED) is 0.372. The highest BCUT2D eigenvalue weighted by Gasteiger charge is 2.44. The summed E-state index contributed by atoms with van der Waals surface area (Å²) in [6, 6.07) is 0. The monoisotopic (exact) mass is 118 g/mol. The zero-order valence-electron chi connectivity index (χ0n) is 4.10. The molecule has 0 bridgehead atoms. The lowest BCUT2D eigenvalue weighted by molar-refractivity contribution is -0.109. The van der Waals surface area contributed by atoms with Gasteiger partial charge in [0.25, 0.3) is 0 Å². The summed E-state index contributed by atoms with van der Waals surface area (Å²) in [6.45, 7) is 1.98. The minimum atomic E-state index is 0.137. The molecule has 0 aromatic rings. The van der Waals surface area contributed by atoms with Crippen LogP contribution in [0.3, 0.4) is 0 Å². The molecule has 0 aromatic carbocycles. The number of carbonyl (C=O) groups is 1. The lowest BCUT2D eigenvalue weighted by atomic mass is 10.4. The fourth-order valence-electron chi connectivity index (χ4n) is 0.642. The number of carbonyl (C=O) groups excluding carboxylic acids is 1. The van der Waals surface area contributed by atoms with Crippen molar-refractivity contribution >= 4 is 17.9 Å². The molecule has 1 rings (SSSR count). The van der Waals surface area contributed by atoms with Crippen LogP contribution in [0.1, 0.15) is 6.92 Å². The summed E-state index contributed by atoms with van der Waals surface area (Å²) in [7, 11) is 0. The minimum Gasteiger partial charge on any atom is -0.303 e. The van der Waals surface area contributed by atoms with Gasteiger partial charge in [0.05, 0.1) is 0 Å². The van der Waals surface area contributed by atoms with E-state index in [9.17, 15) is 4.79 Å². The fourth-order valence-corrected chi connectivity index (χ4v) is 1.01. The molecule has 2 heteroatoms. The van der Waals surface area contributed by atoms with E-state index < -0.39 is 0 Å². The van der Waals surface area contributed by atoms with Gasteiger partial charge in [0.2, 0.25) is 0 Å². The predicted octanol–water partition coefficient (Wildman–Crippen LogP) is 1.06. The molecule has 1 nitrogen and oxygen atoms in total. The van der Waals surface area contributed by atoms with Crippen LogP contribution in [0.25, 0.3) is 0 Å².